The topological polar surface area (TPSA) is 79.5 Å². The van der Waals surface area contributed by atoms with E-state index in [4.69, 9.17) is 4.42 Å². The SMILES string of the molecule is Cc1cc(CCC(C)C)oc(=O)c1C(=O)NCC(CO)Cc1ccsc1. The first-order valence-corrected chi connectivity index (χ1v) is 9.88. The van der Waals surface area contributed by atoms with Crippen LogP contribution in [-0.4, -0.2) is 24.2 Å². The lowest BCUT2D eigenvalue weighted by molar-refractivity contribution is 0.0935. The number of aliphatic hydroxyl groups is 1. The molecule has 1 atom stereocenters. The summed E-state index contributed by atoms with van der Waals surface area (Å²) in [5.41, 5.74) is 1.20. The number of carbonyl (C=O) groups excluding carboxylic acids is 1. The number of amides is 1. The molecule has 1 amide bonds. The molecule has 6 heteroatoms. The molecule has 2 rings (SSSR count). The molecule has 2 aromatic heterocycles. The minimum absolute atomic E-state index is 0.0299. The van der Waals surface area contributed by atoms with Crippen molar-refractivity contribution in [3.8, 4) is 0 Å². The lowest BCUT2D eigenvalue weighted by Crippen LogP contribution is -2.35. The van der Waals surface area contributed by atoms with Gasteiger partial charge in [-0.3, -0.25) is 4.79 Å². The molecule has 142 valence electrons. The maximum atomic E-state index is 12.4. The lowest BCUT2D eigenvalue weighted by atomic mass is 10.0. The summed E-state index contributed by atoms with van der Waals surface area (Å²) in [6.07, 6.45) is 2.29. The molecule has 0 bridgehead atoms. The van der Waals surface area contributed by atoms with E-state index in [9.17, 15) is 14.7 Å². The highest BCUT2D eigenvalue weighted by Gasteiger charge is 2.18. The molecule has 0 saturated heterocycles. The molecule has 0 spiro atoms. The zero-order chi connectivity index (χ0) is 19.1. The number of nitrogens with one attached hydrogen (secondary N) is 1. The van der Waals surface area contributed by atoms with Gasteiger partial charge in [-0.25, -0.2) is 4.79 Å². The van der Waals surface area contributed by atoms with Gasteiger partial charge >= 0.3 is 5.63 Å². The Morgan fingerprint density at radius 3 is 2.73 bits per heavy atom. The molecule has 2 heterocycles. The Bertz CT molecular complexity index is 765. The van der Waals surface area contributed by atoms with Gasteiger partial charge in [-0.2, -0.15) is 11.3 Å². The maximum Gasteiger partial charge on any atom is 0.349 e. The summed E-state index contributed by atoms with van der Waals surface area (Å²) >= 11 is 1.60. The third-order valence-corrected chi connectivity index (χ3v) is 5.04. The van der Waals surface area contributed by atoms with E-state index in [1.54, 1.807) is 24.3 Å². The number of hydrogen-bond donors (Lipinski definition) is 2. The van der Waals surface area contributed by atoms with Crippen molar-refractivity contribution < 1.29 is 14.3 Å². The van der Waals surface area contributed by atoms with E-state index in [2.05, 4.69) is 19.2 Å². The quantitative estimate of drug-likeness (QED) is 0.703. The first kappa shape index (κ1) is 20.4. The normalized spacial score (nSPS) is 12.3. The van der Waals surface area contributed by atoms with Crippen molar-refractivity contribution in [1.82, 2.24) is 5.32 Å². The largest absolute Gasteiger partial charge is 0.427 e. The molecule has 0 radical (unpaired) electrons. The van der Waals surface area contributed by atoms with Gasteiger partial charge in [0.2, 0.25) is 0 Å². The smallest absolute Gasteiger partial charge is 0.349 e. The van der Waals surface area contributed by atoms with Gasteiger partial charge in [0.05, 0.1) is 0 Å². The number of aryl methyl sites for hydroxylation is 2. The van der Waals surface area contributed by atoms with Gasteiger partial charge in [0.25, 0.3) is 5.91 Å². The summed E-state index contributed by atoms with van der Waals surface area (Å²) in [6, 6.07) is 3.78. The van der Waals surface area contributed by atoms with Gasteiger partial charge < -0.3 is 14.8 Å². The monoisotopic (exact) mass is 377 g/mol. The number of hydrogen-bond acceptors (Lipinski definition) is 5. The van der Waals surface area contributed by atoms with Crippen LogP contribution in [0.15, 0.2) is 32.1 Å². The van der Waals surface area contributed by atoms with Crippen LogP contribution in [0.4, 0.5) is 0 Å². The van der Waals surface area contributed by atoms with Gasteiger partial charge in [0, 0.05) is 25.5 Å². The molecule has 5 nitrogen and oxygen atoms in total. The molecule has 2 aromatic rings. The summed E-state index contributed by atoms with van der Waals surface area (Å²) in [5.74, 6) is 0.590. The highest BCUT2D eigenvalue weighted by atomic mass is 32.1. The van der Waals surface area contributed by atoms with E-state index < -0.39 is 11.5 Å². The van der Waals surface area contributed by atoms with Crippen LogP contribution in [0.2, 0.25) is 0 Å². The molecule has 0 aliphatic carbocycles. The van der Waals surface area contributed by atoms with E-state index in [0.717, 1.165) is 12.0 Å². The lowest BCUT2D eigenvalue weighted by Gasteiger charge is -2.15. The van der Waals surface area contributed by atoms with E-state index in [0.29, 0.717) is 36.6 Å². The van der Waals surface area contributed by atoms with E-state index >= 15 is 0 Å². The van der Waals surface area contributed by atoms with Crippen LogP contribution >= 0.6 is 11.3 Å². The van der Waals surface area contributed by atoms with Gasteiger partial charge in [0.15, 0.2) is 0 Å². The van der Waals surface area contributed by atoms with Crippen molar-refractivity contribution in [2.75, 3.05) is 13.2 Å². The first-order chi connectivity index (χ1) is 12.4. The number of carbonyl (C=O) groups is 1. The molecule has 1 unspecified atom stereocenters. The average Bonchev–Trinajstić information content (AvgIpc) is 3.09. The Hall–Kier alpha value is -1.92. The molecule has 0 fully saturated rings. The zero-order valence-electron chi connectivity index (χ0n) is 15.6. The van der Waals surface area contributed by atoms with Crippen LogP contribution < -0.4 is 10.9 Å². The molecule has 0 aliphatic heterocycles. The predicted octanol–water partition coefficient (Wildman–Crippen LogP) is 3.18. The standard InChI is InChI=1S/C20H27NO4S/c1-13(2)4-5-17-8-14(3)18(20(24)25-17)19(23)21-10-16(11-22)9-15-6-7-26-12-15/h6-8,12-13,16,22H,4-5,9-11H2,1-3H3,(H,21,23). The average molecular weight is 378 g/mol. The Kier molecular flexibility index (Phi) is 7.60. The first-order valence-electron chi connectivity index (χ1n) is 8.94. The second kappa shape index (κ2) is 9.69. The summed E-state index contributed by atoms with van der Waals surface area (Å²) < 4.78 is 5.31. The number of aliphatic hydroxyl groups excluding tert-OH is 1. The van der Waals surface area contributed by atoms with Gasteiger partial charge in [0.1, 0.15) is 11.3 Å². The molecule has 26 heavy (non-hydrogen) atoms. The Morgan fingerprint density at radius 1 is 1.38 bits per heavy atom. The fourth-order valence-electron chi connectivity index (χ4n) is 2.77. The Balaban J connectivity index is 2.01. The highest BCUT2D eigenvalue weighted by Crippen LogP contribution is 2.13. The van der Waals surface area contributed by atoms with Gasteiger partial charge in [-0.05, 0) is 59.7 Å². The fourth-order valence-corrected chi connectivity index (χ4v) is 3.45. The zero-order valence-corrected chi connectivity index (χ0v) is 16.4. The van der Waals surface area contributed by atoms with E-state index in [1.165, 1.54) is 0 Å². The maximum absolute atomic E-state index is 12.4. The number of thiophene rings is 1. The van der Waals surface area contributed by atoms with Crippen LogP contribution in [0.1, 0.15) is 47.5 Å². The third-order valence-electron chi connectivity index (χ3n) is 4.31. The Morgan fingerprint density at radius 2 is 2.15 bits per heavy atom. The Labute approximate surface area is 158 Å². The van der Waals surface area contributed by atoms with Crippen LogP contribution in [0.3, 0.4) is 0 Å². The second-order valence-corrected chi connectivity index (χ2v) is 7.87. The van der Waals surface area contributed by atoms with Crippen molar-refractivity contribution in [1.29, 1.82) is 0 Å². The van der Waals surface area contributed by atoms with Crippen LogP contribution in [0.5, 0.6) is 0 Å². The molecular weight excluding hydrogens is 350 g/mol. The van der Waals surface area contributed by atoms with Crippen molar-refractivity contribution in [3.63, 3.8) is 0 Å². The highest BCUT2D eigenvalue weighted by molar-refractivity contribution is 7.07. The van der Waals surface area contributed by atoms with Crippen LogP contribution in [0, 0.1) is 18.8 Å². The molecular formula is C20H27NO4S. The van der Waals surface area contributed by atoms with Crippen LogP contribution in [0.25, 0.3) is 0 Å². The second-order valence-electron chi connectivity index (χ2n) is 7.09. The summed E-state index contributed by atoms with van der Waals surface area (Å²) in [5, 5.41) is 16.3. The molecule has 0 aromatic carbocycles. The van der Waals surface area contributed by atoms with Crippen molar-refractivity contribution in [2.45, 2.75) is 40.0 Å². The molecule has 2 N–H and O–H groups in total. The number of rotatable bonds is 9. The van der Waals surface area contributed by atoms with E-state index in [-0.39, 0.29) is 18.1 Å². The van der Waals surface area contributed by atoms with Crippen LogP contribution in [-0.2, 0) is 12.8 Å². The summed E-state index contributed by atoms with van der Waals surface area (Å²) in [7, 11) is 0. The molecule has 0 saturated carbocycles. The van der Waals surface area contributed by atoms with Gasteiger partial charge in [-0.1, -0.05) is 13.8 Å². The van der Waals surface area contributed by atoms with Crippen molar-refractivity contribution >= 4 is 17.2 Å². The summed E-state index contributed by atoms with van der Waals surface area (Å²) in [4.78, 5) is 24.7. The fraction of sp³-hybridized carbons (Fsp3) is 0.500. The summed E-state index contributed by atoms with van der Waals surface area (Å²) in [6.45, 7) is 6.25. The minimum Gasteiger partial charge on any atom is -0.427 e. The van der Waals surface area contributed by atoms with E-state index in [1.807, 2.05) is 16.8 Å². The minimum atomic E-state index is -0.598. The van der Waals surface area contributed by atoms with Gasteiger partial charge in [-0.15, -0.1) is 0 Å². The third kappa shape index (κ3) is 5.81. The molecule has 0 aliphatic rings. The van der Waals surface area contributed by atoms with Crippen molar-refractivity contribution in [3.05, 3.63) is 55.8 Å². The van der Waals surface area contributed by atoms with Crippen molar-refractivity contribution in [2.24, 2.45) is 11.8 Å². The predicted molar refractivity (Wildman–Crippen MR) is 104 cm³/mol.